The van der Waals surface area contributed by atoms with E-state index in [0.717, 1.165) is 12.8 Å². The number of phenols is 1. The Morgan fingerprint density at radius 3 is 2.62 bits per heavy atom. The maximum Gasteiger partial charge on any atom is 0.268 e. The maximum atomic E-state index is 14.8. The monoisotopic (exact) mass is 469 g/mol. The summed E-state index contributed by atoms with van der Waals surface area (Å²) in [5.41, 5.74) is 1.55. The van der Waals surface area contributed by atoms with Crippen LogP contribution in [0.25, 0.3) is 22.5 Å². The SMILES string of the molecule is CC[C@@H]1CCCC(F)(F)[C@H](N(C)c2cnc(-c3ccc(-c4ccn(C)c(=O)c4)cc3O)nn2)C1. The zero-order chi connectivity index (χ0) is 24.5. The second-order valence-electron chi connectivity index (χ2n) is 9.03. The Kier molecular flexibility index (Phi) is 6.63. The molecule has 7 nitrogen and oxygen atoms in total. The molecule has 2 heterocycles. The van der Waals surface area contributed by atoms with E-state index in [1.54, 1.807) is 38.5 Å². The van der Waals surface area contributed by atoms with Gasteiger partial charge in [0.2, 0.25) is 0 Å². The number of pyridine rings is 1. The normalized spacial score (nSPS) is 20.0. The average molecular weight is 470 g/mol. The van der Waals surface area contributed by atoms with Crippen molar-refractivity contribution >= 4 is 5.82 Å². The third-order valence-corrected chi connectivity index (χ3v) is 6.80. The van der Waals surface area contributed by atoms with Crippen LogP contribution in [0.5, 0.6) is 5.75 Å². The molecule has 0 amide bonds. The van der Waals surface area contributed by atoms with E-state index >= 15 is 0 Å². The zero-order valence-electron chi connectivity index (χ0n) is 19.6. The Morgan fingerprint density at radius 1 is 1.21 bits per heavy atom. The number of hydrogen-bond acceptors (Lipinski definition) is 6. The number of anilines is 1. The molecule has 9 heteroatoms. The van der Waals surface area contributed by atoms with Gasteiger partial charge < -0.3 is 14.6 Å². The molecular formula is C25H29F2N5O2. The number of aromatic nitrogens is 4. The number of halogens is 2. The van der Waals surface area contributed by atoms with Gasteiger partial charge in [0.05, 0.1) is 17.8 Å². The molecule has 1 aliphatic carbocycles. The standard InChI is InChI=1S/C25H29F2N5O2/c1-4-16-6-5-10-25(26,27)21(12-16)32(3)22-15-28-24(30-29-22)19-8-7-17(13-20(19)33)18-9-11-31(2)23(34)14-18/h7-9,11,13-16,21,33H,4-6,10,12H2,1-3H3/t16-,21-/m1/s1. The largest absolute Gasteiger partial charge is 0.507 e. The molecule has 1 aromatic carbocycles. The van der Waals surface area contributed by atoms with Crippen molar-refractivity contribution < 1.29 is 13.9 Å². The fourth-order valence-corrected chi connectivity index (χ4v) is 4.55. The van der Waals surface area contributed by atoms with Crippen LogP contribution in [0.15, 0.2) is 47.5 Å². The second kappa shape index (κ2) is 9.48. The van der Waals surface area contributed by atoms with E-state index in [9.17, 15) is 18.7 Å². The van der Waals surface area contributed by atoms with Crippen molar-refractivity contribution in [2.24, 2.45) is 13.0 Å². The summed E-state index contributed by atoms with van der Waals surface area (Å²) >= 11 is 0. The van der Waals surface area contributed by atoms with Crippen LogP contribution < -0.4 is 10.5 Å². The lowest BCUT2D eigenvalue weighted by Gasteiger charge is -2.34. The molecular weight excluding hydrogens is 440 g/mol. The molecule has 1 fully saturated rings. The summed E-state index contributed by atoms with van der Waals surface area (Å²) in [6.45, 7) is 2.04. The predicted octanol–water partition coefficient (Wildman–Crippen LogP) is 4.65. The number of rotatable bonds is 5. The van der Waals surface area contributed by atoms with Crippen molar-refractivity contribution in [2.75, 3.05) is 11.9 Å². The molecule has 180 valence electrons. The summed E-state index contributed by atoms with van der Waals surface area (Å²) in [5.74, 6) is -2.18. The third-order valence-electron chi connectivity index (χ3n) is 6.80. The van der Waals surface area contributed by atoms with Crippen molar-refractivity contribution in [3.8, 4) is 28.3 Å². The number of nitrogens with zero attached hydrogens (tertiary/aromatic N) is 5. The van der Waals surface area contributed by atoms with Crippen LogP contribution in [0, 0.1) is 5.92 Å². The van der Waals surface area contributed by atoms with Crippen LogP contribution in [0.4, 0.5) is 14.6 Å². The highest BCUT2D eigenvalue weighted by Crippen LogP contribution is 2.39. The van der Waals surface area contributed by atoms with Gasteiger partial charge >= 0.3 is 0 Å². The minimum Gasteiger partial charge on any atom is -0.507 e. The third kappa shape index (κ3) is 4.78. The van der Waals surface area contributed by atoms with Crippen LogP contribution in [-0.4, -0.2) is 43.9 Å². The first-order valence-corrected chi connectivity index (χ1v) is 11.5. The summed E-state index contributed by atoms with van der Waals surface area (Å²) < 4.78 is 31.1. The highest BCUT2D eigenvalue weighted by Gasteiger charge is 2.44. The molecule has 3 aromatic rings. The lowest BCUT2D eigenvalue weighted by Crippen LogP contribution is -2.46. The Balaban J connectivity index is 1.57. The first kappa shape index (κ1) is 23.8. The first-order valence-electron chi connectivity index (χ1n) is 11.5. The van der Waals surface area contributed by atoms with Crippen molar-refractivity contribution in [3.05, 3.63) is 53.1 Å². The van der Waals surface area contributed by atoms with Crippen LogP contribution >= 0.6 is 0 Å². The lowest BCUT2D eigenvalue weighted by atomic mass is 9.94. The molecule has 2 aromatic heterocycles. The number of aryl methyl sites for hydroxylation is 1. The Morgan fingerprint density at radius 2 is 1.97 bits per heavy atom. The van der Waals surface area contributed by atoms with Crippen LogP contribution in [-0.2, 0) is 7.05 Å². The van der Waals surface area contributed by atoms with Crippen molar-refractivity contribution in [1.29, 1.82) is 0 Å². The van der Waals surface area contributed by atoms with Gasteiger partial charge in [-0.1, -0.05) is 25.8 Å². The van der Waals surface area contributed by atoms with Gasteiger partial charge in [-0.3, -0.25) is 4.79 Å². The number of aromatic hydroxyl groups is 1. The van der Waals surface area contributed by atoms with E-state index in [1.807, 2.05) is 6.92 Å². The van der Waals surface area contributed by atoms with Gasteiger partial charge in [0.1, 0.15) is 5.75 Å². The fourth-order valence-electron chi connectivity index (χ4n) is 4.55. The Labute approximate surface area is 197 Å². The van der Waals surface area contributed by atoms with Crippen LogP contribution in [0.2, 0.25) is 0 Å². The summed E-state index contributed by atoms with van der Waals surface area (Å²) in [6.07, 6.45) is 5.54. The molecule has 0 spiro atoms. The summed E-state index contributed by atoms with van der Waals surface area (Å²) in [4.78, 5) is 17.7. The molecule has 1 saturated carbocycles. The van der Waals surface area contributed by atoms with Gasteiger partial charge in [-0.2, -0.15) is 0 Å². The molecule has 0 saturated heterocycles. The highest BCUT2D eigenvalue weighted by atomic mass is 19.3. The summed E-state index contributed by atoms with van der Waals surface area (Å²) in [5, 5.41) is 18.8. The fraction of sp³-hybridized carbons (Fsp3) is 0.440. The van der Waals surface area contributed by atoms with E-state index in [4.69, 9.17) is 0 Å². The number of alkyl halides is 2. The topological polar surface area (TPSA) is 84.1 Å². The lowest BCUT2D eigenvalue weighted by molar-refractivity contribution is -0.0336. The number of hydrogen-bond donors (Lipinski definition) is 1. The van der Waals surface area contributed by atoms with E-state index in [2.05, 4.69) is 15.2 Å². The van der Waals surface area contributed by atoms with E-state index < -0.39 is 12.0 Å². The molecule has 0 unspecified atom stereocenters. The van der Waals surface area contributed by atoms with Crippen LogP contribution in [0.1, 0.15) is 39.0 Å². The Bertz CT molecular complexity index is 1210. The summed E-state index contributed by atoms with van der Waals surface area (Å²) in [6, 6.07) is 7.24. The van der Waals surface area contributed by atoms with E-state index in [-0.39, 0.29) is 35.3 Å². The van der Waals surface area contributed by atoms with E-state index in [1.165, 1.54) is 27.8 Å². The van der Waals surface area contributed by atoms with Gasteiger partial charge in [-0.05, 0) is 48.1 Å². The minimum absolute atomic E-state index is 0.0674. The minimum atomic E-state index is -2.81. The zero-order valence-corrected chi connectivity index (χ0v) is 19.6. The van der Waals surface area contributed by atoms with Crippen molar-refractivity contribution in [2.45, 2.75) is 51.0 Å². The molecule has 1 aliphatic rings. The predicted molar refractivity (Wildman–Crippen MR) is 127 cm³/mol. The second-order valence-corrected chi connectivity index (χ2v) is 9.03. The first-order chi connectivity index (χ1) is 16.2. The average Bonchev–Trinajstić information content (AvgIpc) is 2.98. The van der Waals surface area contributed by atoms with Gasteiger partial charge in [-0.15, -0.1) is 10.2 Å². The quantitative estimate of drug-likeness (QED) is 0.548. The van der Waals surface area contributed by atoms with Crippen LogP contribution in [0.3, 0.4) is 0 Å². The molecule has 34 heavy (non-hydrogen) atoms. The highest BCUT2D eigenvalue weighted by molar-refractivity contribution is 5.72. The van der Waals surface area contributed by atoms with Gasteiger partial charge in [0.25, 0.3) is 11.5 Å². The van der Waals surface area contributed by atoms with E-state index in [0.29, 0.717) is 29.5 Å². The molecule has 4 rings (SSSR count). The molecule has 0 bridgehead atoms. The van der Waals surface area contributed by atoms with Crippen molar-refractivity contribution in [3.63, 3.8) is 0 Å². The summed E-state index contributed by atoms with van der Waals surface area (Å²) in [7, 11) is 3.27. The van der Waals surface area contributed by atoms with Gasteiger partial charge in [0.15, 0.2) is 11.6 Å². The molecule has 0 aliphatic heterocycles. The van der Waals surface area contributed by atoms with Gasteiger partial charge in [0, 0.05) is 32.8 Å². The smallest absolute Gasteiger partial charge is 0.268 e. The maximum absolute atomic E-state index is 14.8. The molecule has 1 N–H and O–H groups in total. The Hall–Kier alpha value is -3.36. The number of phenolic OH excluding ortho intramolecular Hbond substituents is 1. The number of benzene rings is 1. The van der Waals surface area contributed by atoms with Crippen molar-refractivity contribution in [1.82, 2.24) is 19.7 Å². The van der Waals surface area contributed by atoms with Gasteiger partial charge in [-0.25, -0.2) is 13.8 Å². The molecule has 2 atom stereocenters. The molecule has 0 radical (unpaired) electrons.